The maximum absolute atomic E-state index is 13.0. The van der Waals surface area contributed by atoms with E-state index in [2.05, 4.69) is 5.32 Å². The molecule has 0 saturated heterocycles. The molecule has 2 amide bonds. The second-order valence-electron chi connectivity index (χ2n) is 6.19. The van der Waals surface area contributed by atoms with Crippen molar-refractivity contribution in [2.24, 2.45) is 0 Å². The van der Waals surface area contributed by atoms with Crippen molar-refractivity contribution in [2.75, 3.05) is 25.6 Å². The van der Waals surface area contributed by atoms with E-state index in [0.717, 1.165) is 11.3 Å². The predicted molar refractivity (Wildman–Crippen MR) is 107 cm³/mol. The molecule has 2 aromatic carbocycles. The van der Waals surface area contributed by atoms with E-state index in [1.165, 1.54) is 0 Å². The van der Waals surface area contributed by atoms with Crippen LogP contribution in [0.3, 0.4) is 0 Å². The van der Waals surface area contributed by atoms with Gasteiger partial charge in [0.05, 0.1) is 25.1 Å². The molecule has 1 N–H and O–H groups in total. The zero-order chi connectivity index (χ0) is 19.6. The zero-order valence-electron chi connectivity index (χ0n) is 15.8. The average molecular weight is 380 g/mol. The topological polar surface area (TPSA) is 63.9 Å². The number of rotatable bonds is 9. The highest BCUT2D eigenvalue weighted by atomic mass is 16.5. The summed E-state index contributed by atoms with van der Waals surface area (Å²) in [6, 6.07) is 20.6. The Bertz CT molecular complexity index is 850. The highest BCUT2D eigenvalue weighted by Gasteiger charge is 2.17. The maximum atomic E-state index is 13.0. The van der Waals surface area contributed by atoms with Crippen molar-refractivity contribution in [1.29, 1.82) is 0 Å². The van der Waals surface area contributed by atoms with Crippen LogP contribution in [0.15, 0.2) is 77.4 Å². The molecule has 0 aliphatic rings. The van der Waals surface area contributed by atoms with Crippen molar-refractivity contribution in [3.05, 3.63) is 84.3 Å². The van der Waals surface area contributed by atoms with Crippen LogP contribution >= 0.6 is 0 Å². The smallest absolute Gasteiger partial charge is 0.322 e. The summed E-state index contributed by atoms with van der Waals surface area (Å²) in [6.07, 6.45) is 1.60. The molecule has 0 aliphatic carbocycles. The molecule has 0 atom stereocenters. The van der Waals surface area contributed by atoms with E-state index < -0.39 is 0 Å². The summed E-state index contributed by atoms with van der Waals surface area (Å²) in [4.78, 5) is 14.7. The highest BCUT2D eigenvalue weighted by molar-refractivity contribution is 5.90. The molecule has 0 spiro atoms. The summed E-state index contributed by atoms with van der Waals surface area (Å²) >= 11 is 0. The minimum absolute atomic E-state index is 0.233. The highest BCUT2D eigenvalue weighted by Crippen LogP contribution is 2.24. The second kappa shape index (κ2) is 10.2. The Morgan fingerprint density at radius 3 is 2.50 bits per heavy atom. The Balaban J connectivity index is 1.74. The number of hydrogen-bond donors (Lipinski definition) is 1. The molecule has 146 valence electrons. The van der Waals surface area contributed by atoms with Gasteiger partial charge in [0.2, 0.25) is 0 Å². The average Bonchev–Trinajstić information content (AvgIpc) is 3.23. The third-order valence-electron chi connectivity index (χ3n) is 4.10. The molecular weight excluding hydrogens is 356 g/mol. The molecular formula is C22H24N2O4. The van der Waals surface area contributed by atoms with Gasteiger partial charge in [0.25, 0.3) is 0 Å². The van der Waals surface area contributed by atoms with Gasteiger partial charge < -0.3 is 24.1 Å². The van der Waals surface area contributed by atoms with Crippen molar-refractivity contribution >= 4 is 11.7 Å². The quantitative estimate of drug-likeness (QED) is 0.554. The number of urea groups is 1. The monoisotopic (exact) mass is 380 g/mol. The number of amides is 2. The normalized spacial score (nSPS) is 10.5. The van der Waals surface area contributed by atoms with Gasteiger partial charge in [0.1, 0.15) is 18.1 Å². The van der Waals surface area contributed by atoms with Crippen molar-refractivity contribution in [3.8, 4) is 5.75 Å². The van der Waals surface area contributed by atoms with E-state index in [-0.39, 0.29) is 6.03 Å². The van der Waals surface area contributed by atoms with Gasteiger partial charge >= 0.3 is 6.03 Å². The molecule has 0 unspecified atom stereocenters. The molecule has 0 fully saturated rings. The molecule has 1 aromatic heterocycles. The van der Waals surface area contributed by atoms with Crippen molar-refractivity contribution in [3.63, 3.8) is 0 Å². The minimum atomic E-state index is -0.233. The molecule has 3 rings (SSSR count). The lowest BCUT2D eigenvalue weighted by molar-refractivity contribution is 0.146. The summed E-state index contributed by atoms with van der Waals surface area (Å²) in [5.41, 5.74) is 1.65. The Kier molecular flexibility index (Phi) is 7.09. The molecule has 0 aliphatic heterocycles. The fraction of sp³-hybridized carbons (Fsp3) is 0.227. The maximum Gasteiger partial charge on any atom is 0.322 e. The molecule has 3 aromatic rings. The van der Waals surface area contributed by atoms with E-state index in [9.17, 15) is 4.79 Å². The number of nitrogens with one attached hydrogen (secondary N) is 1. The van der Waals surface area contributed by atoms with Gasteiger partial charge in [-0.05, 0) is 29.8 Å². The van der Waals surface area contributed by atoms with Gasteiger partial charge in [0, 0.05) is 13.7 Å². The zero-order valence-corrected chi connectivity index (χ0v) is 15.8. The van der Waals surface area contributed by atoms with Crippen LogP contribution in [0.25, 0.3) is 0 Å². The number of hydrogen-bond acceptors (Lipinski definition) is 4. The van der Waals surface area contributed by atoms with Crippen LogP contribution in [-0.2, 0) is 17.8 Å². The number of para-hydroxylation sites is 2. The Morgan fingerprint density at radius 2 is 1.75 bits per heavy atom. The van der Waals surface area contributed by atoms with Gasteiger partial charge in [-0.1, -0.05) is 42.5 Å². The first-order chi connectivity index (χ1) is 13.8. The summed E-state index contributed by atoms with van der Waals surface area (Å²) in [6.45, 7) is 1.70. The van der Waals surface area contributed by atoms with Crippen molar-refractivity contribution < 1.29 is 18.7 Å². The molecule has 6 heteroatoms. The first kappa shape index (κ1) is 19.5. The van der Waals surface area contributed by atoms with Crippen LogP contribution in [0.1, 0.15) is 11.3 Å². The van der Waals surface area contributed by atoms with E-state index in [4.69, 9.17) is 13.9 Å². The number of carbonyl (C=O) groups excluding carboxylic acids is 1. The van der Waals surface area contributed by atoms with Crippen LogP contribution < -0.4 is 10.1 Å². The number of methoxy groups -OCH3 is 1. The lowest BCUT2D eigenvalue weighted by Crippen LogP contribution is -2.34. The fourth-order valence-corrected chi connectivity index (χ4v) is 2.72. The van der Waals surface area contributed by atoms with Gasteiger partial charge in [-0.3, -0.25) is 0 Å². The largest absolute Gasteiger partial charge is 0.489 e. The van der Waals surface area contributed by atoms with Gasteiger partial charge in [-0.15, -0.1) is 0 Å². The van der Waals surface area contributed by atoms with Crippen LogP contribution in [0.4, 0.5) is 10.5 Å². The number of benzene rings is 2. The first-order valence-corrected chi connectivity index (χ1v) is 9.09. The Labute approximate surface area is 164 Å². The van der Waals surface area contributed by atoms with Crippen LogP contribution in [0.2, 0.25) is 0 Å². The van der Waals surface area contributed by atoms with Crippen LogP contribution in [0, 0.1) is 0 Å². The fourth-order valence-electron chi connectivity index (χ4n) is 2.72. The van der Waals surface area contributed by atoms with Crippen LogP contribution in [0.5, 0.6) is 5.75 Å². The first-order valence-electron chi connectivity index (χ1n) is 9.09. The SMILES string of the molecule is COCCOc1ccccc1NC(=O)N(Cc1ccccc1)Cc1ccco1. The van der Waals surface area contributed by atoms with Gasteiger partial charge in [-0.25, -0.2) is 4.79 Å². The molecule has 6 nitrogen and oxygen atoms in total. The van der Waals surface area contributed by atoms with E-state index >= 15 is 0 Å². The molecule has 0 radical (unpaired) electrons. The summed E-state index contributed by atoms with van der Waals surface area (Å²) in [5, 5.41) is 2.95. The number of carbonyl (C=O) groups is 1. The number of nitrogens with zero attached hydrogens (tertiary/aromatic N) is 1. The molecule has 0 saturated carbocycles. The molecule has 28 heavy (non-hydrogen) atoms. The van der Waals surface area contributed by atoms with Crippen LogP contribution in [-0.4, -0.2) is 31.3 Å². The van der Waals surface area contributed by atoms with Gasteiger partial charge in [-0.2, -0.15) is 0 Å². The predicted octanol–water partition coefficient (Wildman–Crippen LogP) is 4.54. The third-order valence-corrected chi connectivity index (χ3v) is 4.10. The number of ether oxygens (including phenoxy) is 2. The third kappa shape index (κ3) is 5.62. The standard InChI is InChI=1S/C22H24N2O4/c1-26-14-15-28-21-12-6-5-11-20(21)23-22(25)24(17-19-10-7-13-27-19)16-18-8-3-2-4-9-18/h2-13H,14-17H2,1H3,(H,23,25). The molecule has 1 heterocycles. The Morgan fingerprint density at radius 1 is 0.964 bits per heavy atom. The Hall–Kier alpha value is -3.25. The lowest BCUT2D eigenvalue weighted by Gasteiger charge is -2.23. The summed E-state index contributed by atoms with van der Waals surface area (Å²) in [7, 11) is 1.62. The van der Waals surface area contributed by atoms with Crippen molar-refractivity contribution in [2.45, 2.75) is 13.1 Å². The van der Waals surface area contributed by atoms with Gasteiger partial charge in [0.15, 0.2) is 0 Å². The summed E-state index contributed by atoms with van der Waals surface area (Å²) < 4.78 is 16.2. The van der Waals surface area contributed by atoms with Crippen molar-refractivity contribution in [1.82, 2.24) is 4.90 Å². The summed E-state index contributed by atoms with van der Waals surface area (Å²) in [5.74, 6) is 1.32. The minimum Gasteiger partial charge on any atom is -0.489 e. The second-order valence-corrected chi connectivity index (χ2v) is 6.19. The van der Waals surface area contributed by atoms with E-state index in [0.29, 0.717) is 37.7 Å². The lowest BCUT2D eigenvalue weighted by atomic mass is 10.2. The number of anilines is 1. The molecule has 0 bridgehead atoms. The van der Waals surface area contributed by atoms with E-state index in [1.807, 2.05) is 66.7 Å². The number of furan rings is 1. The van der Waals surface area contributed by atoms with E-state index in [1.54, 1.807) is 18.3 Å².